The van der Waals surface area contributed by atoms with Gasteiger partial charge in [-0.3, -0.25) is 14.3 Å². The zero-order valence-corrected chi connectivity index (χ0v) is 15.1. The van der Waals surface area contributed by atoms with Crippen molar-refractivity contribution >= 4 is 29.5 Å². The molecule has 3 heterocycles. The Hall–Kier alpha value is -1.51. The van der Waals surface area contributed by atoms with E-state index in [1.165, 1.54) is 17.7 Å². The van der Waals surface area contributed by atoms with E-state index < -0.39 is 0 Å². The molecule has 2 aliphatic rings. The quantitative estimate of drug-likeness (QED) is 0.829. The highest BCUT2D eigenvalue weighted by atomic mass is 32.1. The van der Waals surface area contributed by atoms with Crippen LogP contribution in [0.5, 0.6) is 0 Å². The fraction of sp³-hybridized carbons (Fsp3) is 0.562. The van der Waals surface area contributed by atoms with Gasteiger partial charge in [-0.2, -0.15) is 0 Å². The molecule has 1 aliphatic heterocycles. The molecule has 1 saturated heterocycles. The molecular formula is C16H21N5OS2. The van der Waals surface area contributed by atoms with Crippen LogP contribution in [0.3, 0.4) is 0 Å². The smallest absolute Gasteiger partial charge is 0.220 e. The van der Waals surface area contributed by atoms with Gasteiger partial charge in [-0.15, -0.1) is 16.4 Å². The number of amides is 1. The molecule has 2 N–H and O–H groups in total. The van der Waals surface area contributed by atoms with Crippen LogP contribution in [0.1, 0.15) is 31.7 Å². The number of carbonyl (C=O) groups excluding carboxylic acids is 1. The monoisotopic (exact) mass is 363 g/mol. The second-order valence-electron chi connectivity index (χ2n) is 6.62. The number of carbonyl (C=O) groups is 1. The SMILES string of the molecule is NC(=O)C1CCN(Cn2nc(-c3cccs3)n(C3CC3)c2=S)CC1. The van der Waals surface area contributed by atoms with Gasteiger partial charge in [0.15, 0.2) is 10.6 Å². The first-order valence-electron chi connectivity index (χ1n) is 8.38. The number of hydrogen-bond acceptors (Lipinski definition) is 5. The lowest BCUT2D eigenvalue weighted by Gasteiger charge is -2.30. The second-order valence-corrected chi connectivity index (χ2v) is 7.93. The number of aromatic nitrogens is 3. The average Bonchev–Trinajstić information content (AvgIpc) is 3.15. The number of primary amides is 1. The van der Waals surface area contributed by atoms with Crippen LogP contribution in [0.2, 0.25) is 0 Å². The number of piperidine rings is 1. The van der Waals surface area contributed by atoms with Gasteiger partial charge in [0.2, 0.25) is 5.91 Å². The third-order valence-electron chi connectivity index (χ3n) is 4.85. The maximum absolute atomic E-state index is 11.3. The van der Waals surface area contributed by atoms with Crippen molar-refractivity contribution in [2.45, 2.75) is 38.4 Å². The maximum atomic E-state index is 11.3. The van der Waals surface area contributed by atoms with Gasteiger partial charge >= 0.3 is 0 Å². The molecule has 2 aromatic rings. The van der Waals surface area contributed by atoms with Gasteiger partial charge in [0.05, 0.1) is 11.5 Å². The van der Waals surface area contributed by atoms with Crippen molar-refractivity contribution in [2.24, 2.45) is 11.7 Å². The Balaban J connectivity index is 1.55. The second kappa shape index (κ2) is 6.42. The number of likely N-dealkylation sites (tertiary alicyclic amines) is 1. The Morgan fingerprint density at radius 2 is 2.08 bits per heavy atom. The first-order valence-corrected chi connectivity index (χ1v) is 9.67. The molecule has 2 aromatic heterocycles. The molecule has 4 rings (SSSR count). The van der Waals surface area contributed by atoms with Gasteiger partial charge in [0, 0.05) is 25.0 Å². The fourth-order valence-corrected chi connectivity index (χ4v) is 4.34. The van der Waals surface area contributed by atoms with E-state index in [0.717, 1.165) is 36.5 Å². The molecule has 24 heavy (non-hydrogen) atoms. The van der Waals surface area contributed by atoms with Crippen molar-refractivity contribution in [3.8, 4) is 10.7 Å². The van der Waals surface area contributed by atoms with Crippen LogP contribution in [-0.4, -0.2) is 38.2 Å². The minimum absolute atomic E-state index is 0.0138. The Morgan fingerprint density at radius 3 is 2.67 bits per heavy atom. The van der Waals surface area contributed by atoms with Crippen molar-refractivity contribution in [3.63, 3.8) is 0 Å². The summed E-state index contributed by atoms with van der Waals surface area (Å²) in [6.07, 6.45) is 4.01. The van der Waals surface area contributed by atoms with Gasteiger partial charge in [-0.25, -0.2) is 4.68 Å². The molecule has 0 atom stereocenters. The van der Waals surface area contributed by atoms with E-state index in [9.17, 15) is 4.79 Å². The first-order chi connectivity index (χ1) is 11.6. The van der Waals surface area contributed by atoms with Crippen molar-refractivity contribution in [1.82, 2.24) is 19.2 Å². The van der Waals surface area contributed by atoms with Crippen molar-refractivity contribution in [3.05, 3.63) is 22.3 Å². The van der Waals surface area contributed by atoms with E-state index in [4.69, 9.17) is 23.1 Å². The van der Waals surface area contributed by atoms with Crippen molar-refractivity contribution in [1.29, 1.82) is 0 Å². The number of nitrogens with zero attached hydrogens (tertiary/aromatic N) is 4. The lowest BCUT2D eigenvalue weighted by molar-refractivity contribution is -0.123. The molecule has 6 nitrogen and oxygen atoms in total. The molecule has 0 spiro atoms. The fourth-order valence-electron chi connectivity index (χ4n) is 3.30. The number of hydrogen-bond donors (Lipinski definition) is 1. The molecule has 1 amide bonds. The van der Waals surface area contributed by atoms with Crippen molar-refractivity contribution in [2.75, 3.05) is 13.1 Å². The third-order valence-corrected chi connectivity index (χ3v) is 6.12. The van der Waals surface area contributed by atoms with Crippen LogP contribution in [0.25, 0.3) is 10.7 Å². The number of thiophene rings is 1. The highest BCUT2D eigenvalue weighted by Crippen LogP contribution is 2.39. The molecule has 1 saturated carbocycles. The summed E-state index contributed by atoms with van der Waals surface area (Å²) in [5, 5.41) is 6.89. The molecule has 0 radical (unpaired) electrons. The standard InChI is InChI=1S/C16H21N5OS2/c17-14(22)11-5-7-19(8-6-11)10-20-16(23)21(12-3-4-12)15(18-20)13-2-1-9-24-13/h1-2,9,11-12H,3-8,10H2,(H2,17,22). The van der Waals surface area contributed by atoms with E-state index in [2.05, 4.69) is 20.9 Å². The molecule has 128 valence electrons. The highest BCUT2D eigenvalue weighted by Gasteiger charge is 2.30. The zero-order chi connectivity index (χ0) is 16.7. The minimum Gasteiger partial charge on any atom is -0.369 e. The largest absolute Gasteiger partial charge is 0.369 e. The predicted molar refractivity (Wildman–Crippen MR) is 96.1 cm³/mol. The van der Waals surface area contributed by atoms with E-state index >= 15 is 0 Å². The summed E-state index contributed by atoms with van der Waals surface area (Å²) in [6.45, 7) is 2.41. The van der Waals surface area contributed by atoms with E-state index in [1.54, 1.807) is 11.3 Å². The number of rotatable bonds is 5. The summed E-state index contributed by atoms with van der Waals surface area (Å²) in [7, 11) is 0. The van der Waals surface area contributed by atoms with E-state index in [-0.39, 0.29) is 11.8 Å². The van der Waals surface area contributed by atoms with Crippen LogP contribution < -0.4 is 5.73 Å². The summed E-state index contributed by atoms with van der Waals surface area (Å²) in [5.74, 6) is 0.827. The summed E-state index contributed by atoms with van der Waals surface area (Å²) in [5.41, 5.74) is 5.41. The predicted octanol–water partition coefficient (Wildman–Crippen LogP) is 2.63. The maximum Gasteiger partial charge on any atom is 0.220 e. The van der Waals surface area contributed by atoms with Crippen molar-refractivity contribution < 1.29 is 4.79 Å². The molecular weight excluding hydrogens is 342 g/mol. The first kappa shape index (κ1) is 16.0. The normalized spacial score (nSPS) is 19.7. The molecule has 8 heteroatoms. The van der Waals surface area contributed by atoms with Crippen LogP contribution in [0.15, 0.2) is 17.5 Å². The van der Waals surface area contributed by atoms with E-state index in [1.807, 2.05) is 10.7 Å². The number of nitrogens with two attached hydrogens (primary N) is 1. The summed E-state index contributed by atoms with van der Waals surface area (Å²) >= 11 is 7.40. The van der Waals surface area contributed by atoms with E-state index in [0.29, 0.717) is 12.7 Å². The van der Waals surface area contributed by atoms with Crippen LogP contribution in [-0.2, 0) is 11.5 Å². The van der Waals surface area contributed by atoms with Gasteiger partial charge < -0.3 is 5.73 Å². The van der Waals surface area contributed by atoms with Crippen LogP contribution in [0.4, 0.5) is 0 Å². The van der Waals surface area contributed by atoms with Gasteiger partial charge in [-0.1, -0.05) is 6.07 Å². The van der Waals surface area contributed by atoms with Crippen LogP contribution >= 0.6 is 23.6 Å². The summed E-state index contributed by atoms with van der Waals surface area (Å²) in [6, 6.07) is 4.65. The molecule has 0 aromatic carbocycles. The van der Waals surface area contributed by atoms with Gasteiger partial charge in [-0.05, 0) is 49.3 Å². The molecule has 2 fully saturated rings. The summed E-state index contributed by atoms with van der Waals surface area (Å²) < 4.78 is 4.96. The Kier molecular flexibility index (Phi) is 4.28. The lowest BCUT2D eigenvalue weighted by atomic mass is 9.97. The molecule has 0 unspecified atom stereocenters. The van der Waals surface area contributed by atoms with Gasteiger partial charge in [0.25, 0.3) is 0 Å². The Bertz CT molecular complexity index is 782. The third kappa shape index (κ3) is 3.05. The Labute approximate surface area is 149 Å². The minimum atomic E-state index is -0.177. The average molecular weight is 364 g/mol. The topological polar surface area (TPSA) is 69.1 Å². The molecule has 1 aliphatic carbocycles. The van der Waals surface area contributed by atoms with Gasteiger partial charge in [0.1, 0.15) is 0 Å². The lowest BCUT2D eigenvalue weighted by Crippen LogP contribution is -2.39. The molecule has 0 bridgehead atoms. The highest BCUT2D eigenvalue weighted by molar-refractivity contribution is 7.71. The Morgan fingerprint density at radius 1 is 1.33 bits per heavy atom. The summed E-state index contributed by atoms with van der Waals surface area (Å²) in [4.78, 5) is 14.8. The van der Waals surface area contributed by atoms with Crippen LogP contribution in [0, 0.1) is 10.7 Å². The zero-order valence-electron chi connectivity index (χ0n) is 13.4.